The molecule has 0 aliphatic carbocycles. The Labute approximate surface area is 76.2 Å². The van der Waals surface area contributed by atoms with Gasteiger partial charge in [-0.1, -0.05) is 12.2 Å². The van der Waals surface area contributed by atoms with Crippen LogP contribution >= 0.6 is 11.6 Å². The predicted octanol–water partition coefficient (Wildman–Crippen LogP) is 1.81. The molecule has 0 bridgehead atoms. The second-order valence-corrected chi connectivity index (χ2v) is 3.14. The Morgan fingerprint density at radius 3 is 2.75 bits per heavy atom. The van der Waals surface area contributed by atoms with E-state index in [9.17, 15) is 4.79 Å². The highest BCUT2D eigenvalue weighted by molar-refractivity contribution is 6.63. The number of rotatable bonds is 3. The monoisotopic (exact) mass is 190 g/mol. The van der Waals surface area contributed by atoms with Crippen molar-refractivity contribution in [2.75, 3.05) is 0 Å². The third-order valence-corrected chi connectivity index (χ3v) is 1.74. The van der Waals surface area contributed by atoms with Crippen LogP contribution in [0.3, 0.4) is 0 Å². The molecule has 0 aromatic heterocycles. The van der Waals surface area contributed by atoms with Crippen LogP contribution in [0.25, 0.3) is 0 Å². The predicted molar refractivity (Wildman–Crippen MR) is 44.7 cm³/mol. The van der Waals surface area contributed by atoms with Crippen LogP contribution < -0.4 is 0 Å². The molecule has 4 heteroatoms. The van der Waals surface area contributed by atoms with E-state index in [0.29, 0.717) is 12.8 Å². The van der Waals surface area contributed by atoms with Gasteiger partial charge in [0.25, 0.3) is 0 Å². The SMILES string of the molecule is C[C@@H]1C=C[C@H](CCC(=O)Cl)OO1. The lowest BCUT2D eigenvalue weighted by Crippen LogP contribution is -2.20. The lowest BCUT2D eigenvalue weighted by molar-refractivity contribution is -0.336. The Balaban J connectivity index is 2.26. The molecule has 0 N–H and O–H groups in total. The highest BCUT2D eigenvalue weighted by atomic mass is 35.5. The number of carbonyl (C=O) groups is 1. The van der Waals surface area contributed by atoms with Gasteiger partial charge in [0.1, 0.15) is 12.2 Å². The Morgan fingerprint density at radius 1 is 1.50 bits per heavy atom. The average Bonchev–Trinajstić information content (AvgIpc) is 2.03. The van der Waals surface area contributed by atoms with Crippen LogP contribution in [0.5, 0.6) is 0 Å². The maximum absolute atomic E-state index is 10.4. The van der Waals surface area contributed by atoms with E-state index in [-0.39, 0.29) is 17.5 Å². The first-order valence-corrected chi connectivity index (χ1v) is 4.25. The van der Waals surface area contributed by atoms with Crippen LogP contribution in [0, 0.1) is 0 Å². The zero-order valence-electron chi connectivity index (χ0n) is 6.83. The molecule has 0 aromatic rings. The summed E-state index contributed by atoms with van der Waals surface area (Å²) in [6.45, 7) is 1.87. The van der Waals surface area contributed by atoms with Gasteiger partial charge in [-0.15, -0.1) is 0 Å². The molecule has 2 atom stereocenters. The van der Waals surface area contributed by atoms with Crippen LogP contribution in [0.15, 0.2) is 12.2 Å². The molecular formula is C8H11ClO3. The summed E-state index contributed by atoms with van der Waals surface area (Å²) in [6, 6.07) is 0. The second-order valence-electron chi connectivity index (χ2n) is 2.71. The van der Waals surface area contributed by atoms with Crippen LogP contribution in [0.1, 0.15) is 19.8 Å². The summed E-state index contributed by atoms with van der Waals surface area (Å²) in [7, 11) is 0. The van der Waals surface area contributed by atoms with Gasteiger partial charge in [0.05, 0.1) is 0 Å². The summed E-state index contributed by atoms with van der Waals surface area (Å²) in [4.78, 5) is 20.2. The summed E-state index contributed by atoms with van der Waals surface area (Å²) < 4.78 is 0. The fourth-order valence-corrected chi connectivity index (χ4v) is 1.01. The fraction of sp³-hybridized carbons (Fsp3) is 0.625. The smallest absolute Gasteiger partial charge is 0.221 e. The van der Waals surface area contributed by atoms with Gasteiger partial charge in [0.2, 0.25) is 5.24 Å². The van der Waals surface area contributed by atoms with Crippen molar-refractivity contribution < 1.29 is 14.6 Å². The Bertz CT molecular complexity index is 191. The van der Waals surface area contributed by atoms with E-state index in [1.807, 2.05) is 19.1 Å². The van der Waals surface area contributed by atoms with E-state index in [0.717, 1.165) is 0 Å². The van der Waals surface area contributed by atoms with Crippen molar-refractivity contribution in [3.8, 4) is 0 Å². The molecular weight excluding hydrogens is 180 g/mol. The van der Waals surface area contributed by atoms with Gasteiger partial charge in [-0.25, -0.2) is 9.78 Å². The van der Waals surface area contributed by atoms with Gasteiger partial charge in [0, 0.05) is 6.42 Å². The first-order chi connectivity index (χ1) is 5.68. The minimum absolute atomic E-state index is 0.00652. The summed E-state index contributed by atoms with van der Waals surface area (Å²) >= 11 is 5.17. The molecule has 0 radical (unpaired) electrons. The minimum atomic E-state index is -0.342. The summed E-state index contributed by atoms with van der Waals surface area (Å²) in [6.07, 6.45) is 4.53. The van der Waals surface area contributed by atoms with E-state index in [2.05, 4.69) is 0 Å². The topological polar surface area (TPSA) is 35.5 Å². The van der Waals surface area contributed by atoms with Crippen LogP contribution in [0.4, 0.5) is 0 Å². The van der Waals surface area contributed by atoms with Crippen LogP contribution in [0.2, 0.25) is 0 Å². The van der Waals surface area contributed by atoms with Gasteiger partial charge in [0.15, 0.2) is 0 Å². The molecule has 12 heavy (non-hydrogen) atoms. The highest BCUT2D eigenvalue weighted by Gasteiger charge is 2.14. The summed E-state index contributed by atoms with van der Waals surface area (Å²) in [5, 5.41) is -0.342. The number of hydrogen-bond donors (Lipinski definition) is 0. The second kappa shape index (κ2) is 4.60. The molecule has 0 unspecified atom stereocenters. The van der Waals surface area contributed by atoms with Crippen molar-refractivity contribution in [3.05, 3.63) is 12.2 Å². The molecule has 0 saturated carbocycles. The van der Waals surface area contributed by atoms with Crippen molar-refractivity contribution in [2.24, 2.45) is 0 Å². The average molecular weight is 191 g/mol. The maximum Gasteiger partial charge on any atom is 0.221 e. The number of carbonyl (C=O) groups excluding carboxylic acids is 1. The van der Waals surface area contributed by atoms with Crippen molar-refractivity contribution >= 4 is 16.8 Å². The van der Waals surface area contributed by atoms with Crippen molar-refractivity contribution in [1.82, 2.24) is 0 Å². The van der Waals surface area contributed by atoms with E-state index < -0.39 is 0 Å². The molecule has 68 valence electrons. The van der Waals surface area contributed by atoms with Gasteiger partial charge in [-0.3, -0.25) is 4.79 Å². The molecule has 0 spiro atoms. The van der Waals surface area contributed by atoms with E-state index >= 15 is 0 Å². The number of halogens is 1. The zero-order chi connectivity index (χ0) is 8.97. The van der Waals surface area contributed by atoms with Gasteiger partial charge in [-0.2, -0.15) is 0 Å². The maximum atomic E-state index is 10.4. The third kappa shape index (κ3) is 3.34. The minimum Gasteiger partial charge on any atom is -0.281 e. The van der Waals surface area contributed by atoms with Gasteiger partial charge in [-0.05, 0) is 24.9 Å². The van der Waals surface area contributed by atoms with Crippen LogP contribution in [-0.2, 0) is 14.6 Å². The summed E-state index contributed by atoms with van der Waals surface area (Å²) in [5.41, 5.74) is 0. The lowest BCUT2D eigenvalue weighted by Gasteiger charge is -2.19. The largest absolute Gasteiger partial charge is 0.281 e. The van der Waals surface area contributed by atoms with Crippen molar-refractivity contribution in [1.29, 1.82) is 0 Å². The first-order valence-electron chi connectivity index (χ1n) is 3.87. The Hall–Kier alpha value is -0.380. The van der Waals surface area contributed by atoms with Gasteiger partial charge < -0.3 is 0 Å². The van der Waals surface area contributed by atoms with E-state index in [1.165, 1.54) is 0 Å². The van der Waals surface area contributed by atoms with Gasteiger partial charge >= 0.3 is 0 Å². The molecule has 0 aromatic carbocycles. The molecule has 3 nitrogen and oxygen atoms in total. The zero-order valence-corrected chi connectivity index (χ0v) is 7.58. The molecule has 0 amide bonds. The molecule has 0 fully saturated rings. The Kier molecular flexibility index (Phi) is 3.72. The molecule has 1 heterocycles. The molecule has 1 aliphatic heterocycles. The first kappa shape index (κ1) is 9.71. The Morgan fingerprint density at radius 2 is 2.25 bits per heavy atom. The quantitative estimate of drug-likeness (QED) is 0.387. The van der Waals surface area contributed by atoms with E-state index in [4.69, 9.17) is 21.4 Å². The number of hydrogen-bond acceptors (Lipinski definition) is 3. The third-order valence-electron chi connectivity index (χ3n) is 1.55. The van der Waals surface area contributed by atoms with Crippen molar-refractivity contribution in [2.45, 2.75) is 32.0 Å². The molecule has 1 aliphatic rings. The van der Waals surface area contributed by atoms with Crippen molar-refractivity contribution in [3.63, 3.8) is 0 Å². The molecule has 0 saturated heterocycles. The fourth-order valence-electron chi connectivity index (χ4n) is 0.904. The van der Waals surface area contributed by atoms with Crippen LogP contribution in [-0.4, -0.2) is 17.5 Å². The normalized spacial score (nSPS) is 28.8. The highest BCUT2D eigenvalue weighted by Crippen LogP contribution is 2.13. The lowest BCUT2D eigenvalue weighted by atomic mass is 10.1. The summed E-state index contributed by atoms with van der Waals surface area (Å²) in [5.74, 6) is 0. The van der Waals surface area contributed by atoms with E-state index in [1.54, 1.807) is 0 Å². The molecule has 1 rings (SSSR count). The standard InChI is InChI=1S/C8H11ClO3/c1-6-2-3-7(12-11-6)4-5-8(9)10/h2-3,6-7H,4-5H2,1H3/t6-,7-/m1/s1.